The van der Waals surface area contributed by atoms with Crippen molar-refractivity contribution in [2.75, 3.05) is 13.2 Å². The Morgan fingerprint density at radius 1 is 1.03 bits per heavy atom. The van der Waals surface area contributed by atoms with E-state index in [0.29, 0.717) is 25.3 Å². The van der Waals surface area contributed by atoms with Crippen LogP contribution in [0.2, 0.25) is 0 Å². The number of fused-ring (bicyclic) bond motifs is 1. The smallest absolute Gasteiger partial charge is 0.223 e. The van der Waals surface area contributed by atoms with Crippen LogP contribution < -0.4 is 0 Å². The lowest BCUT2D eigenvalue weighted by Crippen LogP contribution is -2.37. The number of nitrogens with zero attached hydrogens (tertiary/aromatic N) is 1. The van der Waals surface area contributed by atoms with Crippen molar-refractivity contribution in [1.82, 2.24) is 4.90 Å². The largest absolute Gasteiger partial charge is 0.376 e. The van der Waals surface area contributed by atoms with Gasteiger partial charge in [-0.1, -0.05) is 24.3 Å². The summed E-state index contributed by atoms with van der Waals surface area (Å²) in [5.41, 5.74) is 4.03. The van der Waals surface area contributed by atoms with Crippen LogP contribution in [0.3, 0.4) is 0 Å². The molecule has 1 fully saturated rings. The van der Waals surface area contributed by atoms with Gasteiger partial charge in [0, 0.05) is 38.1 Å². The number of rotatable bonds is 8. The van der Waals surface area contributed by atoms with Crippen molar-refractivity contribution in [3.63, 3.8) is 0 Å². The summed E-state index contributed by atoms with van der Waals surface area (Å²) in [6, 6.07) is 12.2. The van der Waals surface area contributed by atoms with Crippen molar-refractivity contribution in [2.45, 2.75) is 57.6 Å². The molecule has 1 heterocycles. The molecule has 2 aromatic rings. The van der Waals surface area contributed by atoms with Crippen LogP contribution in [0.25, 0.3) is 0 Å². The molecule has 0 spiro atoms. The molecule has 5 heteroatoms. The zero-order valence-electron chi connectivity index (χ0n) is 17.2. The molecule has 1 unspecified atom stereocenters. The molecule has 1 atom stereocenters. The van der Waals surface area contributed by atoms with Gasteiger partial charge in [0.2, 0.25) is 5.91 Å². The lowest BCUT2D eigenvalue weighted by atomic mass is 10.0. The maximum atomic E-state index is 13.6. The first-order valence-electron chi connectivity index (χ1n) is 10.9. The maximum absolute atomic E-state index is 13.6. The van der Waals surface area contributed by atoms with E-state index in [4.69, 9.17) is 4.74 Å². The van der Waals surface area contributed by atoms with Crippen LogP contribution >= 0.6 is 0 Å². The predicted molar refractivity (Wildman–Crippen MR) is 113 cm³/mol. The van der Waals surface area contributed by atoms with Gasteiger partial charge in [-0.3, -0.25) is 9.59 Å². The number of hydrogen-bond donors (Lipinski definition) is 0. The van der Waals surface area contributed by atoms with Gasteiger partial charge in [0.1, 0.15) is 5.82 Å². The predicted octanol–water partition coefficient (Wildman–Crippen LogP) is 4.49. The van der Waals surface area contributed by atoms with Crippen molar-refractivity contribution in [2.24, 2.45) is 0 Å². The molecule has 4 nitrogen and oxygen atoms in total. The lowest BCUT2D eigenvalue weighted by Gasteiger charge is -2.25. The second-order valence-electron chi connectivity index (χ2n) is 8.30. The summed E-state index contributed by atoms with van der Waals surface area (Å²) in [5.74, 6) is -0.408. The van der Waals surface area contributed by atoms with E-state index >= 15 is 0 Å². The van der Waals surface area contributed by atoms with Crippen molar-refractivity contribution in [3.05, 3.63) is 70.5 Å². The fourth-order valence-corrected chi connectivity index (χ4v) is 4.41. The highest BCUT2D eigenvalue weighted by molar-refractivity contribution is 5.98. The third-order valence-corrected chi connectivity index (χ3v) is 6.05. The number of carbonyl (C=O) groups excluding carboxylic acids is 2. The normalized spacial score (nSPS) is 17.7. The fourth-order valence-electron chi connectivity index (χ4n) is 4.41. The summed E-state index contributed by atoms with van der Waals surface area (Å²) in [6.45, 7) is 1.51. The molecular formula is C25H28FNO3. The van der Waals surface area contributed by atoms with E-state index in [9.17, 15) is 14.0 Å². The standard InChI is InChI=1S/C25H28FNO3/c26-22-7-1-4-18(14-22)16-27(17-23-8-3-13-30-23)25(29)12-11-24(28)21-10-9-19-5-2-6-20(19)15-21/h1,4,7,9-10,14-15,23H,2-3,5-6,8,11-13,16-17H2. The van der Waals surface area contributed by atoms with Crippen LogP contribution in [0, 0.1) is 5.82 Å². The summed E-state index contributed by atoms with van der Waals surface area (Å²) in [7, 11) is 0. The number of amides is 1. The molecule has 2 aliphatic rings. The molecule has 0 radical (unpaired) electrons. The SMILES string of the molecule is O=C(CCC(=O)N(Cc1cccc(F)c1)CC1CCCO1)c1ccc2c(c1)CCC2. The van der Waals surface area contributed by atoms with Gasteiger partial charge in [-0.25, -0.2) is 4.39 Å². The van der Waals surface area contributed by atoms with Crippen molar-refractivity contribution >= 4 is 11.7 Å². The average Bonchev–Trinajstić information content (AvgIpc) is 3.42. The minimum Gasteiger partial charge on any atom is -0.376 e. The van der Waals surface area contributed by atoms with E-state index in [0.717, 1.165) is 37.7 Å². The monoisotopic (exact) mass is 409 g/mol. The zero-order chi connectivity index (χ0) is 20.9. The summed E-state index contributed by atoms with van der Waals surface area (Å²) in [5, 5.41) is 0. The first-order chi connectivity index (χ1) is 14.6. The average molecular weight is 410 g/mol. The molecule has 1 aliphatic carbocycles. The summed E-state index contributed by atoms with van der Waals surface area (Å²) < 4.78 is 19.3. The van der Waals surface area contributed by atoms with Gasteiger partial charge >= 0.3 is 0 Å². The molecule has 0 aromatic heterocycles. The van der Waals surface area contributed by atoms with E-state index in [1.807, 2.05) is 24.3 Å². The van der Waals surface area contributed by atoms with E-state index in [1.54, 1.807) is 11.0 Å². The van der Waals surface area contributed by atoms with Crippen LogP contribution in [-0.2, 0) is 28.9 Å². The number of ketones is 1. The number of halogens is 1. The molecule has 4 rings (SSSR count). The Balaban J connectivity index is 1.39. The quantitative estimate of drug-likeness (QED) is 0.604. The Labute approximate surface area is 177 Å². The molecule has 1 saturated heterocycles. The van der Waals surface area contributed by atoms with Crippen LogP contribution in [-0.4, -0.2) is 35.8 Å². The highest BCUT2D eigenvalue weighted by Crippen LogP contribution is 2.24. The van der Waals surface area contributed by atoms with Gasteiger partial charge in [0.15, 0.2) is 5.78 Å². The third kappa shape index (κ3) is 5.14. The number of hydrogen-bond acceptors (Lipinski definition) is 3. The van der Waals surface area contributed by atoms with Crippen LogP contribution in [0.1, 0.15) is 59.2 Å². The number of carbonyl (C=O) groups is 2. The molecule has 158 valence electrons. The van der Waals surface area contributed by atoms with Gasteiger partial charge in [0.05, 0.1) is 6.10 Å². The van der Waals surface area contributed by atoms with Gasteiger partial charge in [-0.15, -0.1) is 0 Å². The van der Waals surface area contributed by atoms with Crippen LogP contribution in [0.5, 0.6) is 0 Å². The van der Waals surface area contributed by atoms with E-state index in [-0.39, 0.29) is 36.5 Å². The Bertz CT molecular complexity index is 920. The molecule has 1 amide bonds. The molecular weight excluding hydrogens is 381 g/mol. The number of ether oxygens (including phenoxy) is 1. The molecule has 0 saturated carbocycles. The summed E-state index contributed by atoms with van der Waals surface area (Å²) in [6.07, 6.45) is 5.50. The zero-order valence-corrected chi connectivity index (χ0v) is 17.2. The maximum Gasteiger partial charge on any atom is 0.223 e. The number of aryl methyl sites for hydroxylation is 2. The summed E-state index contributed by atoms with van der Waals surface area (Å²) >= 11 is 0. The first-order valence-corrected chi connectivity index (χ1v) is 10.9. The highest BCUT2D eigenvalue weighted by Gasteiger charge is 2.24. The van der Waals surface area contributed by atoms with Crippen molar-refractivity contribution < 1.29 is 18.7 Å². The summed E-state index contributed by atoms with van der Waals surface area (Å²) in [4.78, 5) is 27.4. The van der Waals surface area contributed by atoms with Gasteiger partial charge in [-0.2, -0.15) is 0 Å². The molecule has 0 N–H and O–H groups in total. The second-order valence-corrected chi connectivity index (χ2v) is 8.30. The molecule has 0 bridgehead atoms. The lowest BCUT2D eigenvalue weighted by molar-refractivity contribution is -0.133. The Morgan fingerprint density at radius 2 is 1.90 bits per heavy atom. The van der Waals surface area contributed by atoms with Gasteiger partial charge in [-0.05, 0) is 67.0 Å². The minimum absolute atomic E-state index is 0.000807. The minimum atomic E-state index is -0.316. The van der Waals surface area contributed by atoms with Crippen molar-refractivity contribution in [3.8, 4) is 0 Å². The second kappa shape index (κ2) is 9.52. The van der Waals surface area contributed by atoms with E-state index < -0.39 is 0 Å². The third-order valence-electron chi connectivity index (χ3n) is 6.05. The van der Waals surface area contributed by atoms with Crippen LogP contribution in [0.4, 0.5) is 4.39 Å². The number of benzene rings is 2. The Kier molecular flexibility index (Phi) is 6.58. The van der Waals surface area contributed by atoms with E-state index in [2.05, 4.69) is 0 Å². The topological polar surface area (TPSA) is 46.6 Å². The molecule has 1 aliphatic heterocycles. The first kappa shape index (κ1) is 20.7. The Morgan fingerprint density at radius 3 is 2.70 bits per heavy atom. The molecule has 30 heavy (non-hydrogen) atoms. The van der Waals surface area contributed by atoms with Crippen molar-refractivity contribution in [1.29, 1.82) is 0 Å². The van der Waals surface area contributed by atoms with Crippen LogP contribution in [0.15, 0.2) is 42.5 Å². The Hall–Kier alpha value is -2.53. The van der Waals surface area contributed by atoms with E-state index in [1.165, 1.54) is 23.3 Å². The number of Topliss-reactive ketones (excluding diaryl/α,β-unsaturated/α-hetero) is 1. The molecule has 2 aromatic carbocycles. The van der Waals surface area contributed by atoms with Gasteiger partial charge < -0.3 is 9.64 Å². The highest BCUT2D eigenvalue weighted by atomic mass is 19.1. The fraction of sp³-hybridized carbons (Fsp3) is 0.440. The van der Waals surface area contributed by atoms with Gasteiger partial charge in [0.25, 0.3) is 0 Å².